The summed E-state index contributed by atoms with van der Waals surface area (Å²) in [6.07, 6.45) is 8.80. The van der Waals surface area contributed by atoms with E-state index in [2.05, 4.69) is 15.7 Å². The molecule has 0 aromatic carbocycles. The van der Waals surface area contributed by atoms with Gasteiger partial charge in [0.05, 0.1) is 18.3 Å². The molecule has 1 fully saturated rings. The van der Waals surface area contributed by atoms with Crippen molar-refractivity contribution in [3.63, 3.8) is 0 Å². The van der Waals surface area contributed by atoms with E-state index in [0.717, 1.165) is 25.1 Å². The van der Waals surface area contributed by atoms with Crippen molar-refractivity contribution in [3.8, 4) is 0 Å². The molecule has 3 N–H and O–H groups in total. The summed E-state index contributed by atoms with van der Waals surface area (Å²) in [6.45, 7) is 2.28. The van der Waals surface area contributed by atoms with Crippen molar-refractivity contribution in [2.75, 3.05) is 11.9 Å². The molecule has 118 valence electrons. The molecule has 0 aliphatic heterocycles. The monoisotopic (exact) mass is 294 g/mol. The molecular formula is C15H26N4O2. The molecule has 1 heterocycles. The van der Waals surface area contributed by atoms with Crippen molar-refractivity contribution in [1.29, 1.82) is 0 Å². The molecule has 0 bridgehead atoms. The predicted molar refractivity (Wildman–Crippen MR) is 82.3 cm³/mol. The number of nitrogens with one attached hydrogen (secondary N) is 2. The second-order valence-electron chi connectivity index (χ2n) is 5.73. The van der Waals surface area contributed by atoms with Gasteiger partial charge in [-0.25, -0.2) is 9.48 Å². The summed E-state index contributed by atoms with van der Waals surface area (Å²) in [5.74, 6) is 0.726. The number of amides is 2. The number of rotatable bonds is 6. The highest BCUT2D eigenvalue weighted by atomic mass is 16.3. The standard InChI is InChI=1S/C15H26N4O2/c1-2-6-13(20)11-16-15(21)18-14-9-10-17-19(14)12-7-4-3-5-8-12/h9-10,12-13,20H,2-8,11H2,1H3,(H2,16,18,21). The van der Waals surface area contributed by atoms with Gasteiger partial charge in [0.15, 0.2) is 0 Å². The first-order valence-electron chi connectivity index (χ1n) is 7.97. The smallest absolute Gasteiger partial charge is 0.320 e. The van der Waals surface area contributed by atoms with Gasteiger partial charge in [0.1, 0.15) is 5.82 Å². The normalized spacial score (nSPS) is 17.4. The number of carbonyl (C=O) groups is 1. The SMILES string of the molecule is CCCC(O)CNC(=O)Nc1ccnn1C1CCCCC1. The Balaban J connectivity index is 1.85. The van der Waals surface area contributed by atoms with Crippen LogP contribution in [0.5, 0.6) is 0 Å². The fourth-order valence-electron chi connectivity index (χ4n) is 2.84. The largest absolute Gasteiger partial charge is 0.391 e. The maximum absolute atomic E-state index is 11.9. The lowest BCUT2D eigenvalue weighted by Crippen LogP contribution is -2.36. The highest BCUT2D eigenvalue weighted by Crippen LogP contribution is 2.29. The molecule has 1 atom stereocenters. The lowest BCUT2D eigenvalue weighted by molar-refractivity contribution is 0.162. The van der Waals surface area contributed by atoms with Crippen LogP contribution in [0.1, 0.15) is 57.9 Å². The lowest BCUT2D eigenvalue weighted by Gasteiger charge is -2.24. The van der Waals surface area contributed by atoms with Crippen LogP contribution in [0.15, 0.2) is 12.3 Å². The maximum atomic E-state index is 11.9. The molecule has 2 rings (SSSR count). The van der Waals surface area contributed by atoms with E-state index < -0.39 is 6.10 Å². The number of hydrogen-bond acceptors (Lipinski definition) is 3. The van der Waals surface area contributed by atoms with Crippen molar-refractivity contribution in [1.82, 2.24) is 15.1 Å². The minimum atomic E-state index is -0.482. The zero-order chi connectivity index (χ0) is 15.1. The Morgan fingerprint density at radius 2 is 2.24 bits per heavy atom. The number of nitrogens with zero attached hydrogens (tertiary/aromatic N) is 2. The molecule has 0 saturated heterocycles. The van der Waals surface area contributed by atoms with Crippen molar-refractivity contribution >= 4 is 11.8 Å². The summed E-state index contributed by atoms with van der Waals surface area (Å²) in [7, 11) is 0. The highest BCUT2D eigenvalue weighted by Gasteiger charge is 2.19. The van der Waals surface area contributed by atoms with E-state index in [9.17, 15) is 9.90 Å². The van der Waals surface area contributed by atoms with Gasteiger partial charge in [-0.15, -0.1) is 0 Å². The second kappa shape index (κ2) is 8.02. The molecule has 1 saturated carbocycles. The van der Waals surface area contributed by atoms with E-state index in [1.54, 1.807) is 6.20 Å². The van der Waals surface area contributed by atoms with Crippen LogP contribution in [0.3, 0.4) is 0 Å². The van der Waals surface area contributed by atoms with Crippen LogP contribution in [0.25, 0.3) is 0 Å². The number of aromatic nitrogens is 2. The molecule has 1 unspecified atom stereocenters. The van der Waals surface area contributed by atoms with Gasteiger partial charge in [0.2, 0.25) is 0 Å². The summed E-state index contributed by atoms with van der Waals surface area (Å²) >= 11 is 0. The Hall–Kier alpha value is -1.56. The third kappa shape index (κ3) is 4.74. The van der Waals surface area contributed by atoms with Gasteiger partial charge in [-0.3, -0.25) is 5.32 Å². The lowest BCUT2D eigenvalue weighted by atomic mass is 9.96. The number of anilines is 1. The molecule has 1 aromatic rings. The van der Waals surface area contributed by atoms with E-state index in [-0.39, 0.29) is 12.6 Å². The van der Waals surface area contributed by atoms with Crippen molar-refractivity contribution in [2.45, 2.75) is 64.0 Å². The van der Waals surface area contributed by atoms with Crippen LogP contribution in [-0.4, -0.2) is 33.6 Å². The summed E-state index contributed by atoms with van der Waals surface area (Å²) in [5.41, 5.74) is 0. The average Bonchev–Trinajstić information content (AvgIpc) is 2.94. The van der Waals surface area contributed by atoms with Crippen molar-refractivity contribution < 1.29 is 9.90 Å². The quantitative estimate of drug-likeness (QED) is 0.754. The zero-order valence-electron chi connectivity index (χ0n) is 12.7. The Labute approximate surface area is 125 Å². The second-order valence-corrected chi connectivity index (χ2v) is 5.73. The Kier molecular flexibility index (Phi) is 6.04. The molecule has 21 heavy (non-hydrogen) atoms. The minimum Gasteiger partial charge on any atom is -0.391 e. The third-order valence-electron chi connectivity index (χ3n) is 3.95. The first-order chi connectivity index (χ1) is 10.2. The minimum absolute atomic E-state index is 0.275. The molecule has 0 spiro atoms. The average molecular weight is 294 g/mol. The van der Waals surface area contributed by atoms with E-state index in [4.69, 9.17) is 0 Å². The van der Waals surface area contributed by atoms with Gasteiger partial charge in [0.25, 0.3) is 0 Å². The first-order valence-corrected chi connectivity index (χ1v) is 7.97. The van der Waals surface area contributed by atoms with Crippen LogP contribution in [0.2, 0.25) is 0 Å². The van der Waals surface area contributed by atoms with Crippen LogP contribution in [0.4, 0.5) is 10.6 Å². The van der Waals surface area contributed by atoms with Gasteiger partial charge < -0.3 is 10.4 Å². The number of aliphatic hydroxyl groups excluding tert-OH is 1. The number of aliphatic hydroxyl groups is 1. The summed E-state index contributed by atoms with van der Waals surface area (Å²) < 4.78 is 1.92. The summed E-state index contributed by atoms with van der Waals surface area (Å²) in [6, 6.07) is 1.91. The summed E-state index contributed by atoms with van der Waals surface area (Å²) in [5, 5.41) is 19.5. The van der Waals surface area contributed by atoms with Gasteiger partial charge >= 0.3 is 6.03 Å². The van der Waals surface area contributed by atoms with Gasteiger partial charge in [0, 0.05) is 12.6 Å². The fourth-order valence-corrected chi connectivity index (χ4v) is 2.84. The summed E-state index contributed by atoms with van der Waals surface area (Å²) in [4.78, 5) is 11.9. The van der Waals surface area contributed by atoms with Crippen LogP contribution >= 0.6 is 0 Å². The molecule has 2 amide bonds. The highest BCUT2D eigenvalue weighted by molar-refractivity contribution is 5.88. The van der Waals surface area contributed by atoms with Gasteiger partial charge in [-0.1, -0.05) is 32.6 Å². The van der Waals surface area contributed by atoms with Gasteiger partial charge in [-0.2, -0.15) is 5.10 Å². The molecule has 6 nitrogen and oxygen atoms in total. The van der Waals surface area contributed by atoms with E-state index in [0.29, 0.717) is 12.5 Å². The fraction of sp³-hybridized carbons (Fsp3) is 0.733. The van der Waals surface area contributed by atoms with Crippen molar-refractivity contribution in [2.24, 2.45) is 0 Å². The molecule has 1 aliphatic rings. The number of urea groups is 1. The Morgan fingerprint density at radius 3 is 2.95 bits per heavy atom. The van der Waals surface area contributed by atoms with Crippen LogP contribution in [0, 0.1) is 0 Å². The van der Waals surface area contributed by atoms with Crippen molar-refractivity contribution in [3.05, 3.63) is 12.3 Å². The molecule has 1 aromatic heterocycles. The van der Waals surface area contributed by atoms with E-state index in [1.807, 2.05) is 17.7 Å². The molecular weight excluding hydrogens is 268 g/mol. The van der Waals surface area contributed by atoms with Gasteiger partial charge in [-0.05, 0) is 19.3 Å². The number of hydrogen-bond donors (Lipinski definition) is 3. The van der Waals surface area contributed by atoms with E-state index >= 15 is 0 Å². The van der Waals surface area contributed by atoms with Crippen LogP contribution in [-0.2, 0) is 0 Å². The Bertz CT molecular complexity index is 441. The predicted octanol–water partition coefficient (Wildman–Crippen LogP) is 2.67. The number of carbonyl (C=O) groups excluding carboxylic acids is 1. The van der Waals surface area contributed by atoms with Crippen LogP contribution < -0.4 is 10.6 Å². The Morgan fingerprint density at radius 1 is 1.48 bits per heavy atom. The topological polar surface area (TPSA) is 79.2 Å². The first kappa shape index (κ1) is 15.8. The molecule has 6 heteroatoms. The molecule has 1 aliphatic carbocycles. The third-order valence-corrected chi connectivity index (χ3v) is 3.95. The zero-order valence-corrected chi connectivity index (χ0v) is 12.7. The molecule has 0 radical (unpaired) electrons. The maximum Gasteiger partial charge on any atom is 0.320 e. The van der Waals surface area contributed by atoms with E-state index in [1.165, 1.54) is 19.3 Å².